The largest absolute Gasteiger partial charge is 0.374 e. The van der Waals surface area contributed by atoms with Crippen molar-refractivity contribution in [2.75, 3.05) is 13.7 Å². The summed E-state index contributed by atoms with van der Waals surface area (Å²) in [5.41, 5.74) is 0.0767. The zero-order valence-electron chi connectivity index (χ0n) is 12.5. The van der Waals surface area contributed by atoms with Crippen molar-refractivity contribution in [2.24, 2.45) is 11.8 Å². The molecule has 0 amide bonds. The lowest BCUT2D eigenvalue weighted by atomic mass is 9.71. The van der Waals surface area contributed by atoms with Crippen molar-refractivity contribution in [1.82, 2.24) is 5.32 Å². The van der Waals surface area contributed by atoms with Gasteiger partial charge < -0.3 is 10.1 Å². The van der Waals surface area contributed by atoms with Crippen LogP contribution in [0.2, 0.25) is 0 Å². The average molecular weight is 253 g/mol. The smallest absolute Gasteiger partial charge is 0.0809 e. The van der Waals surface area contributed by atoms with E-state index in [0.29, 0.717) is 6.04 Å². The van der Waals surface area contributed by atoms with Gasteiger partial charge in [-0.15, -0.1) is 0 Å². The minimum Gasteiger partial charge on any atom is -0.374 e. The third-order valence-corrected chi connectivity index (χ3v) is 5.34. The van der Waals surface area contributed by atoms with Gasteiger partial charge >= 0.3 is 0 Å². The highest BCUT2D eigenvalue weighted by Crippen LogP contribution is 2.39. The van der Waals surface area contributed by atoms with Crippen molar-refractivity contribution >= 4 is 0 Å². The normalized spacial score (nSPS) is 39.5. The van der Waals surface area contributed by atoms with Gasteiger partial charge in [0.2, 0.25) is 0 Å². The van der Waals surface area contributed by atoms with Crippen LogP contribution < -0.4 is 5.32 Å². The molecule has 1 saturated heterocycles. The lowest BCUT2D eigenvalue weighted by Crippen LogP contribution is -2.55. The minimum atomic E-state index is 0.0767. The first-order chi connectivity index (χ1) is 8.69. The fourth-order valence-corrected chi connectivity index (χ4v) is 4.25. The molecule has 0 aromatic rings. The first-order valence-corrected chi connectivity index (χ1v) is 8.01. The molecule has 106 valence electrons. The molecule has 4 atom stereocenters. The number of hydrogen-bond acceptors (Lipinski definition) is 2. The van der Waals surface area contributed by atoms with E-state index < -0.39 is 0 Å². The predicted octanol–water partition coefficient (Wildman–Crippen LogP) is 3.75. The fourth-order valence-electron chi connectivity index (χ4n) is 4.25. The van der Waals surface area contributed by atoms with Crippen LogP contribution in [0.5, 0.6) is 0 Å². The number of nitrogens with one attached hydrogen (secondary N) is 1. The summed E-state index contributed by atoms with van der Waals surface area (Å²) in [4.78, 5) is 0. The van der Waals surface area contributed by atoms with Gasteiger partial charge in [0.15, 0.2) is 0 Å². The van der Waals surface area contributed by atoms with E-state index in [9.17, 15) is 0 Å². The number of ether oxygens (including phenoxy) is 1. The zero-order valence-corrected chi connectivity index (χ0v) is 12.5. The van der Waals surface area contributed by atoms with Crippen LogP contribution in [0.15, 0.2) is 0 Å². The molecule has 0 aromatic carbocycles. The summed E-state index contributed by atoms with van der Waals surface area (Å²) in [6.07, 6.45) is 10.8. The van der Waals surface area contributed by atoms with E-state index in [1.165, 1.54) is 51.4 Å². The Morgan fingerprint density at radius 2 is 2.11 bits per heavy atom. The maximum atomic E-state index is 6.18. The summed E-state index contributed by atoms with van der Waals surface area (Å²) in [6, 6.07) is 0.548. The van der Waals surface area contributed by atoms with Crippen LogP contribution in [0, 0.1) is 11.8 Å². The van der Waals surface area contributed by atoms with Crippen LogP contribution in [-0.4, -0.2) is 25.3 Å². The van der Waals surface area contributed by atoms with Crippen molar-refractivity contribution in [1.29, 1.82) is 0 Å². The average Bonchev–Trinajstić information content (AvgIpc) is 2.40. The summed E-state index contributed by atoms with van der Waals surface area (Å²) in [5.74, 6) is 1.77. The topological polar surface area (TPSA) is 21.3 Å². The third kappa shape index (κ3) is 3.08. The Bertz CT molecular complexity index is 247. The van der Waals surface area contributed by atoms with E-state index in [1.807, 2.05) is 0 Å². The second-order valence-corrected chi connectivity index (χ2v) is 6.59. The van der Waals surface area contributed by atoms with Crippen LogP contribution in [0.4, 0.5) is 0 Å². The molecule has 2 fully saturated rings. The molecular weight excluding hydrogens is 222 g/mol. The van der Waals surface area contributed by atoms with Crippen molar-refractivity contribution < 1.29 is 4.74 Å². The molecule has 2 nitrogen and oxygen atoms in total. The molecule has 1 heterocycles. The van der Waals surface area contributed by atoms with Gasteiger partial charge in [-0.2, -0.15) is 0 Å². The van der Waals surface area contributed by atoms with Gasteiger partial charge in [-0.1, -0.05) is 26.2 Å². The van der Waals surface area contributed by atoms with Gasteiger partial charge in [-0.3, -0.25) is 0 Å². The van der Waals surface area contributed by atoms with Gasteiger partial charge in [0.1, 0.15) is 0 Å². The first-order valence-electron chi connectivity index (χ1n) is 8.01. The van der Waals surface area contributed by atoms with E-state index in [0.717, 1.165) is 18.4 Å². The van der Waals surface area contributed by atoms with Crippen molar-refractivity contribution in [2.45, 2.75) is 76.9 Å². The number of rotatable bonds is 4. The summed E-state index contributed by atoms with van der Waals surface area (Å²) >= 11 is 0. The van der Waals surface area contributed by atoms with E-state index >= 15 is 0 Å². The van der Waals surface area contributed by atoms with Crippen LogP contribution in [0.25, 0.3) is 0 Å². The monoisotopic (exact) mass is 253 g/mol. The molecule has 1 saturated carbocycles. The molecule has 1 aliphatic heterocycles. The lowest BCUT2D eigenvalue weighted by Gasteiger charge is -2.46. The molecule has 1 aliphatic carbocycles. The van der Waals surface area contributed by atoms with Crippen molar-refractivity contribution in [3.05, 3.63) is 0 Å². The zero-order chi connectivity index (χ0) is 13.0. The van der Waals surface area contributed by atoms with Crippen LogP contribution >= 0.6 is 0 Å². The molecule has 2 heteroatoms. The molecule has 0 radical (unpaired) electrons. The summed E-state index contributed by atoms with van der Waals surface area (Å²) in [6.45, 7) is 5.64. The fraction of sp³-hybridized carbons (Fsp3) is 1.00. The Hall–Kier alpha value is -0.0800. The van der Waals surface area contributed by atoms with E-state index in [1.54, 1.807) is 0 Å². The van der Waals surface area contributed by atoms with Crippen LogP contribution in [0.3, 0.4) is 0 Å². The van der Waals surface area contributed by atoms with Gasteiger partial charge in [0.25, 0.3) is 0 Å². The van der Waals surface area contributed by atoms with Gasteiger partial charge in [-0.25, -0.2) is 0 Å². The summed E-state index contributed by atoms with van der Waals surface area (Å²) < 4.78 is 6.18. The molecule has 0 aromatic heterocycles. The molecule has 4 unspecified atom stereocenters. The Kier molecular flexibility index (Phi) is 5.08. The lowest BCUT2D eigenvalue weighted by molar-refractivity contribution is -0.103. The number of likely N-dealkylation sites (N-methyl/N-ethyl adjacent to an activating group) is 1. The quantitative estimate of drug-likeness (QED) is 0.824. The Morgan fingerprint density at radius 1 is 1.28 bits per heavy atom. The molecular formula is C16H31NO. The maximum absolute atomic E-state index is 6.18. The maximum Gasteiger partial charge on any atom is 0.0809 e. The van der Waals surface area contributed by atoms with E-state index in [4.69, 9.17) is 4.74 Å². The Labute approximate surface area is 113 Å². The SMILES string of the molecule is CCC1CCCC(C(NC)C2(C)CCCCO2)C1. The first kappa shape index (κ1) is 14.3. The summed E-state index contributed by atoms with van der Waals surface area (Å²) in [7, 11) is 2.13. The molecule has 2 rings (SSSR count). The summed E-state index contributed by atoms with van der Waals surface area (Å²) in [5, 5.41) is 3.60. The molecule has 0 bridgehead atoms. The van der Waals surface area contributed by atoms with Crippen molar-refractivity contribution in [3.63, 3.8) is 0 Å². The Morgan fingerprint density at radius 3 is 2.72 bits per heavy atom. The highest BCUT2D eigenvalue weighted by molar-refractivity contribution is 4.96. The highest BCUT2D eigenvalue weighted by atomic mass is 16.5. The van der Waals surface area contributed by atoms with Gasteiger partial charge in [-0.05, 0) is 57.9 Å². The number of hydrogen-bond donors (Lipinski definition) is 1. The van der Waals surface area contributed by atoms with Gasteiger partial charge in [0.05, 0.1) is 5.60 Å². The molecule has 2 aliphatic rings. The van der Waals surface area contributed by atoms with Crippen LogP contribution in [-0.2, 0) is 4.74 Å². The molecule has 18 heavy (non-hydrogen) atoms. The van der Waals surface area contributed by atoms with Gasteiger partial charge in [0, 0.05) is 12.6 Å². The van der Waals surface area contributed by atoms with Crippen molar-refractivity contribution in [3.8, 4) is 0 Å². The molecule has 0 spiro atoms. The van der Waals surface area contributed by atoms with E-state index in [-0.39, 0.29) is 5.60 Å². The standard InChI is InChI=1S/C16H31NO/c1-4-13-8-7-9-14(12-13)15(17-3)16(2)10-5-6-11-18-16/h13-15,17H,4-12H2,1-3H3. The Balaban J connectivity index is 2.02. The highest BCUT2D eigenvalue weighted by Gasteiger charge is 2.41. The van der Waals surface area contributed by atoms with E-state index in [2.05, 4.69) is 26.2 Å². The van der Waals surface area contributed by atoms with Crippen LogP contribution in [0.1, 0.15) is 65.2 Å². The minimum absolute atomic E-state index is 0.0767. The predicted molar refractivity (Wildman–Crippen MR) is 76.8 cm³/mol. The third-order valence-electron chi connectivity index (χ3n) is 5.34. The second kappa shape index (κ2) is 6.38. The second-order valence-electron chi connectivity index (χ2n) is 6.59. The molecule has 1 N–H and O–H groups in total.